The molecule has 1 fully saturated rings. The van der Waals surface area contributed by atoms with E-state index >= 15 is 0 Å². The molecule has 7 nitrogen and oxygen atoms in total. The lowest BCUT2D eigenvalue weighted by Crippen LogP contribution is -2.37. The van der Waals surface area contributed by atoms with Crippen molar-refractivity contribution in [1.82, 2.24) is 5.16 Å². The highest BCUT2D eigenvalue weighted by Gasteiger charge is 2.25. The third-order valence-electron chi connectivity index (χ3n) is 3.45. The molecule has 0 unspecified atom stereocenters. The van der Waals surface area contributed by atoms with Gasteiger partial charge in [0.2, 0.25) is 10.0 Å². The van der Waals surface area contributed by atoms with Gasteiger partial charge in [0.25, 0.3) is 5.91 Å². The van der Waals surface area contributed by atoms with Crippen LogP contribution in [0.3, 0.4) is 0 Å². The Labute approximate surface area is 128 Å². The largest absolute Gasteiger partial charge is 0.363 e. The zero-order valence-electron chi connectivity index (χ0n) is 11.7. The second-order valence-corrected chi connectivity index (χ2v) is 6.99. The SMILES string of the molecule is O=C(Nc1ccon1)c1ccc(N2CCCCS2(=O)=O)cc1. The third kappa shape index (κ3) is 2.96. The topological polar surface area (TPSA) is 92.5 Å². The number of nitrogens with zero attached hydrogens (tertiary/aromatic N) is 2. The monoisotopic (exact) mass is 321 g/mol. The molecule has 8 heteroatoms. The van der Waals surface area contributed by atoms with E-state index in [1.54, 1.807) is 24.3 Å². The normalized spacial score (nSPS) is 17.2. The maximum Gasteiger partial charge on any atom is 0.256 e. The van der Waals surface area contributed by atoms with Crippen molar-refractivity contribution < 1.29 is 17.7 Å². The number of nitrogens with one attached hydrogen (secondary N) is 1. The molecule has 1 aromatic heterocycles. The van der Waals surface area contributed by atoms with Crippen molar-refractivity contribution in [2.24, 2.45) is 0 Å². The maximum absolute atomic E-state index is 12.0. The van der Waals surface area contributed by atoms with Gasteiger partial charge in [0.05, 0.1) is 11.4 Å². The summed E-state index contributed by atoms with van der Waals surface area (Å²) < 4.78 is 30.1. The van der Waals surface area contributed by atoms with Gasteiger partial charge >= 0.3 is 0 Å². The van der Waals surface area contributed by atoms with E-state index in [0.717, 1.165) is 6.42 Å². The van der Waals surface area contributed by atoms with Gasteiger partial charge < -0.3 is 9.84 Å². The number of hydrogen-bond acceptors (Lipinski definition) is 5. The predicted octanol–water partition coefficient (Wildman–Crippen LogP) is 1.86. The minimum Gasteiger partial charge on any atom is -0.363 e. The lowest BCUT2D eigenvalue weighted by Gasteiger charge is -2.28. The van der Waals surface area contributed by atoms with Gasteiger partial charge in [0, 0.05) is 18.2 Å². The van der Waals surface area contributed by atoms with Gasteiger partial charge in [0.1, 0.15) is 6.26 Å². The second-order valence-electron chi connectivity index (χ2n) is 4.98. The highest BCUT2D eigenvalue weighted by Crippen LogP contribution is 2.23. The van der Waals surface area contributed by atoms with Crippen molar-refractivity contribution in [2.45, 2.75) is 12.8 Å². The van der Waals surface area contributed by atoms with E-state index in [-0.39, 0.29) is 11.7 Å². The molecule has 1 aliphatic rings. The Kier molecular flexibility index (Phi) is 3.84. The fraction of sp³-hybridized carbons (Fsp3) is 0.286. The number of rotatable bonds is 3. The lowest BCUT2D eigenvalue weighted by atomic mass is 10.2. The molecule has 116 valence electrons. The molecule has 1 amide bonds. The predicted molar refractivity (Wildman–Crippen MR) is 81.3 cm³/mol. The van der Waals surface area contributed by atoms with Crippen LogP contribution >= 0.6 is 0 Å². The fourth-order valence-corrected chi connectivity index (χ4v) is 3.96. The highest BCUT2D eigenvalue weighted by atomic mass is 32.2. The number of carbonyl (C=O) groups is 1. The lowest BCUT2D eigenvalue weighted by molar-refractivity contribution is 0.102. The standard InChI is InChI=1S/C14H15N3O4S/c18-14(15-13-7-9-21-16-13)11-3-5-12(6-4-11)17-8-1-2-10-22(17,19)20/h3-7,9H,1-2,8,10H2,(H,15,16,18). The van der Waals surface area contributed by atoms with Crippen molar-refractivity contribution in [1.29, 1.82) is 0 Å². The number of amides is 1. The van der Waals surface area contributed by atoms with E-state index in [4.69, 9.17) is 0 Å². The molecule has 0 spiro atoms. The number of hydrogen-bond donors (Lipinski definition) is 1. The molecule has 1 N–H and O–H groups in total. The first-order valence-electron chi connectivity index (χ1n) is 6.88. The summed E-state index contributed by atoms with van der Waals surface area (Å²) in [6.45, 7) is 0.479. The third-order valence-corrected chi connectivity index (χ3v) is 5.32. The first-order chi connectivity index (χ1) is 10.6. The smallest absolute Gasteiger partial charge is 0.256 e. The van der Waals surface area contributed by atoms with Crippen LogP contribution in [0.25, 0.3) is 0 Å². The zero-order chi connectivity index (χ0) is 15.6. The zero-order valence-corrected chi connectivity index (χ0v) is 12.5. The van der Waals surface area contributed by atoms with Crippen LogP contribution in [0.1, 0.15) is 23.2 Å². The number of aromatic nitrogens is 1. The molecule has 1 aromatic carbocycles. The Bertz CT molecular complexity index is 754. The molecule has 0 saturated carbocycles. The van der Waals surface area contributed by atoms with Crippen molar-refractivity contribution in [2.75, 3.05) is 21.9 Å². The van der Waals surface area contributed by atoms with Gasteiger partial charge in [-0.15, -0.1) is 0 Å². The van der Waals surface area contributed by atoms with E-state index in [2.05, 4.69) is 15.0 Å². The summed E-state index contributed by atoms with van der Waals surface area (Å²) >= 11 is 0. The molecule has 0 atom stereocenters. The number of anilines is 2. The highest BCUT2D eigenvalue weighted by molar-refractivity contribution is 7.92. The Balaban J connectivity index is 1.76. The second kappa shape index (κ2) is 5.80. The minimum atomic E-state index is -3.24. The van der Waals surface area contributed by atoms with Gasteiger partial charge in [-0.3, -0.25) is 9.10 Å². The maximum atomic E-state index is 12.0. The van der Waals surface area contributed by atoms with Crippen LogP contribution in [0.4, 0.5) is 11.5 Å². The van der Waals surface area contributed by atoms with Gasteiger partial charge in [-0.1, -0.05) is 5.16 Å². The molecule has 1 aliphatic heterocycles. The van der Waals surface area contributed by atoms with E-state index in [1.807, 2.05) is 0 Å². The molecule has 0 radical (unpaired) electrons. The van der Waals surface area contributed by atoms with Gasteiger partial charge in [0.15, 0.2) is 5.82 Å². The molecular formula is C14H15N3O4S. The number of sulfonamides is 1. The molecule has 0 bridgehead atoms. The minimum absolute atomic E-state index is 0.168. The van der Waals surface area contributed by atoms with Gasteiger partial charge in [-0.05, 0) is 37.1 Å². The first kappa shape index (κ1) is 14.6. The van der Waals surface area contributed by atoms with Crippen LogP contribution in [0.15, 0.2) is 41.1 Å². The Morgan fingerprint density at radius 3 is 2.59 bits per heavy atom. The average molecular weight is 321 g/mol. The summed E-state index contributed by atoms with van der Waals surface area (Å²) in [5.41, 5.74) is 0.999. The fourth-order valence-electron chi connectivity index (χ4n) is 2.32. The molecule has 1 saturated heterocycles. The average Bonchev–Trinajstić information content (AvgIpc) is 3.00. The summed E-state index contributed by atoms with van der Waals surface area (Å²) in [4.78, 5) is 12.0. The molecule has 0 aliphatic carbocycles. The van der Waals surface area contributed by atoms with Crippen LogP contribution in [-0.2, 0) is 10.0 Å². The van der Waals surface area contributed by atoms with E-state index < -0.39 is 10.0 Å². The van der Waals surface area contributed by atoms with Gasteiger partial charge in [-0.25, -0.2) is 8.42 Å². The Morgan fingerprint density at radius 2 is 1.95 bits per heavy atom. The van der Waals surface area contributed by atoms with Gasteiger partial charge in [-0.2, -0.15) is 0 Å². The number of carbonyl (C=O) groups excluding carboxylic acids is 1. The summed E-state index contributed by atoms with van der Waals surface area (Å²) in [7, 11) is -3.24. The van der Waals surface area contributed by atoms with E-state index in [0.29, 0.717) is 30.0 Å². The Morgan fingerprint density at radius 1 is 1.18 bits per heavy atom. The number of benzene rings is 1. The molecule has 2 heterocycles. The molecular weight excluding hydrogens is 306 g/mol. The summed E-state index contributed by atoms with van der Waals surface area (Å²) in [6.07, 6.45) is 2.89. The van der Waals surface area contributed by atoms with Crippen LogP contribution in [0.5, 0.6) is 0 Å². The first-order valence-corrected chi connectivity index (χ1v) is 8.49. The van der Waals surface area contributed by atoms with E-state index in [9.17, 15) is 13.2 Å². The molecule has 3 rings (SSSR count). The van der Waals surface area contributed by atoms with Crippen molar-refractivity contribution in [3.8, 4) is 0 Å². The van der Waals surface area contributed by atoms with Crippen LogP contribution in [0.2, 0.25) is 0 Å². The van der Waals surface area contributed by atoms with Crippen LogP contribution in [0, 0.1) is 0 Å². The van der Waals surface area contributed by atoms with Crippen molar-refractivity contribution in [3.05, 3.63) is 42.2 Å². The Hall–Kier alpha value is -2.35. The van der Waals surface area contributed by atoms with Crippen LogP contribution < -0.4 is 9.62 Å². The quantitative estimate of drug-likeness (QED) is 0.931. The summed E-state index contributed by atoms with van der Waals surface area (Å²) in [6, 6.07) is 8.00. The van der Waals surface area contributed by atoms with E-state index in [1.165, 1.54) is 16.6 Å². The molecule has 22 heavy (non-hydrogen) atoms. The van der Waals surface area contributed by atoms with Crippen molar-refractivity contribution in [3.63, 3.8) is 0 Å². The summed E-state index contributed by atoms with van der Waals surface area (Å²) in [5, 5.41) is 6.18. The van der Waals surface area contributed by atoms with Crippen molar-refractivity contribution >= 4 is 27.4 Å². The summed E-state index contributed by atoms with van der Waals surface area (Å²) in [5.74, 6) is 0.163. The van der Waals surface area contributed by atoms with Crippen LogP contribution in [-0.4, -0.2) is 31.8 Å². The molecule has 2 aromatic rings.